The van der Waals surface area contributed by atoms with Crippen molar-refractivity contribution in [3.8, 4) is 11.5 Å². The van der Waals surface area contributed by atoms with Crippen molar-refractivity contribution in [1.29, 1.82) is 0 Å². The maximum Gasteiger partial charge on any atom is 0.159 e. The van der Waals surface area contributed by atoms with Crippen LogP contribution in [0.1, 0.15) is 84.3 Å². The first-order chi connectivity index (χ1) is 14.8. The van der Waals surface area contributed by atoms with E-state index in [-0.39, 0.29) is 23.1 Å². The Morgan fingerprint density at radius 1 is 1.09 bits per heavy atom. The number of carbonyl (C=O) groups is 1. The fourth-order valence-corrected chi connectivity index (χ4v) is 5.67. The highest BCUT2D eigenvalue weighted by atomic mass is 16.5. The monoisotopic (exact) mass is 442 g/mol. The summed E-state index contributed by atoms with van der Waals surface area (Å²) < 4.78 is 13.2. The van der Waals surface area contributed by atoms with Gasteiger partial charge in [-0.3, -0.25) is 4.79 Å². The molecular formula is C27H38O5. The Hall–Kier alpha value is -1.85. The highest BCUT2D eigenvalue weighted by molar-refractivity contribution is 5.96. The summed E-state index contributed by atoms with van der Waals surface area (Å²) in [7, 11) is 0. The van der Waals surface area contributed by atoms with Gasteiger partial charge in [0, 0.05) is 19.3 Å². The molecule has 3 aliphatic rings. The van der Waals surface area contributed by atoms with E-state index in [0.717, 1.165) is 53.7 Å². The van der Waals surface area contributed by atoms with Gasteiger partial charge in [-0.2, -0.15) is 0 Å². The number of benzene rings is 1. The largest absolute Gasteiger partial charge is 0.508 e. The van der Waals surface area contributed by atoms with Crippen LogP contribution in [0.4, 0.5) is 0 Å². The Morgan fingerprint density at radius 2 is 1.81 bits per heavy atom. The molecule has 0 saturated carbocycles. The van der Waals surface area contributed by atoms with Gasteiger partial charge in [0.05, 0.1) is 17.8 Å². The lowest BCUT2D eigenvalue weighted by Crippen LogP contribution is -2.46. The average molecular weight is 443 g/mol. The molecule has 5 nitrogen and oxygen atoms in total. The van der Waals surface area contributed by atoms with Gasteiger partial charge in [-0.05, 0) is 93.2 Å². The van der Waals surface area contributed by atoms with Crippen LogP contribution in [-0.2, 0) is 16.0 Å². The van der Waals surface area contributed by atoms with Crippen molar-refractivity contribution >= 4 is 5.78 Å². The number of phenolic OH excluding ortho intramolecular Hbond substituents is 1. The number of hydrogen-bond acceptors (Lipinski definition) is 5. The van der Waals surface area contributed by atoms with Crippen molar-refractivity contribution < 1.29 is 24.5 Å². The second kappa shape index (κ2) is 7.88. The summed E-state index contributed by atoms with van der Waals surface area (Å²) in [6.07, 6.45) is 3.76. The van der Waals surface area contributed by atoms with E-state index in [0.29, 0.717) is 19.3 Å². The molecule has 0 radical (unpaired) electrons. The first-order valence-corrected chi connectivity index (χ1v) is 11.9. The molecule has 2 bridgehead atoms. The number of ether oxygens (including phenoxy) is 2. The lowest BCUT2D eigenvalue weighted by molar-refractivity contribution is -0.150. The van der Waals surface area contributed by atoms with E-state index in [9.17, 15) is 15.0 Å². The normalized spacial score (nSPS) is 31.8. The molecule has 1 aliphatic carbocycles. The molecule has 0 saturated heterocycles. The van der Waals surface area contributed by atoms with Crippen molar-refractivity contribution in [2.24, 2.45) is 5.41 Å². The highest BCUT2D eigenvalue weighted by Gasteiger charge is 2.48. The van der Waals surface area contributed by atoms with Crippen LogP contribution in [0.25, 0.3) is 0 Å². The third-order valence-electron chi connectivity index (χ3n) is 7.77. The summed E-state index contributed by atoms with van der Waals surface area (Å²) in [6.45, 7) is 12.3. The van der Waals surface area contributed by atoms with Crippen LogP contribution in [0.15, 0.2) is 23.3 Å². The SMILES string of the molecule is Cc1cc(O)cc2c1O[C@@](C)(CC1=C3C[C@H](O)C(C)(C)OC1C(C)(C)CCCC3=O)CC2. The summed E-state index contributed by atoms with van der Waals surface area (Å²) in [5.41, 5.74) is 2.30. The number of aliphatic hydroxyl groups is 1. The molecule has 0 amide bonds. The molecule has 1 unspecified atom stereocenters. The predicted octanol–water partition coefficient (Wildman–Crippen LogP) is 5.18. The lowest BCUT2D eigenvalue weighted by Gasteiger charge is -2.44. The van der Waals surface area contributed by atoms with Gasteiger partial charge in [0.25, 0.3) is 0 Å². The van der Waals surface area contributed by atoms with Crippen molar-refractivity contribution in [2.45, 2.75) is 110 Å². The molecule has 5 heteroatoms. The van der Waals surface area contributed by atoms with Crippen molar-refractivity contribution in [3.05, 3.63) is 34.4 Å². The van der Waals surface area contributed by atoms with Crippen LogP contribution in [0, 0.1) is 12.3 Å². The van der Waals surface area contributed by atoms with Gasteiger partial charge in [-0.25, -0.2) is 0 Å². The minimum absolute atomic E-state index is 0.141. The number of hydrogen-bond donors (Lipinski definition) is 2. The molecule has 32 heavy (non-hydrogen) atoms. The van der Waals surface area contributed by atoms with Gasteiger partial charge < -0.3 is 19.7 Å². The summed E-state index contributed by atoms with van der Waals surface area (Å²) in [4.78, 5) is 13.3. The second-order valence-electron chi connectivity index (χ2n) is 11.6. The van der Waals surface area contributed by atoms with Crippen molar-refractivity contribution in [1.82, 2.24) is 0 Å². The number of aromatic hydroxyl groups is 1. The Labute approximate surface area is 191 Å². The van der Waals surface area contributed by atoms with E-state index < -0.39 is 17.3 Å². The molecule has 1 aromatic carbocycles. The zero-order chi connectivity index (χ0) is 23.5. The Bertz CT molecular complexity index is 957. The third-order valence-corrected chi connectivity index (χ3v) is 7.77. The van der Waals surface area contributed by atoms with E-state index in [1.54, 1.807) is 12.1 Å². The zero-order valence-corrected chi connectivity index (χ0v) is 20.4. The van der Waals surface area contributed by atoms with E-state index in [1.807, 2.05) is 20.8 Å². The van der Waals surface area contributed by atoms with Crippen LogP contribution in [0.2, 0.25) is 0 Å². The van der Waals surface area contributed by atoms with Gasteiger partial charge in [-0.15, -0.1) is 0 Å². The lowest BCUT2D eigenvalue weighted by atomic mass is 9.71. The molecule has 0 aromatic heterocycles. The molecule has 2 heterocycles. The number of Topliss-reactive ketones (excluding diaryl/α,β-unsaturated/α-hetero) is 1. The standard InChI is InChI=1S/C27H38O5/c1-16-12-18(28)13-17-9-11-27(6,31-23(16)17)15-20-19-14-22(30)26(4,5)32-24(20)25(2,3)10-7-8-21(19)29/h12-13,22,24,28,30H,7-11,14-15H2,1-6H3/t22-,24?,27+/m0/s1. The fourth-order valence-electron chi connectivity index (χ4n) is 5.67. The summed E-state index contributed by atoms with van der Waals surface area (Å²) in [5.74, 6) is 1.24. The second-order valence-corrected chi connectivity index (χ2v) is 11.6. The summed E-state index contributed by atoms with van der Waals surface area (Å²) in [6, 6.07) is 3.52. The molecule has 176 valence electrons. The predicted molar refractivity (Wildman–Crippen MR) is 124 cm³/mol. The van der Waals surface area contributed by atoms with Crippen LogP contribution < -0.4 is 4.74 Å². The number of phenols is 1. The highest BCUT2D eigenvalue weighted by Crippen LogP contribution is 2.48. The number of rotatable bonds is 2. The molecule has 0 spiro atoms. The molecule has 3 atom stereocenters. The minimum atomic E-state index is -0.741. The van der Waals surface area contributed by atoms with Crippen LogP contribution >= 0.6 is 0 Å². The first kappa shape index (κ1) is 23.3. The van der Waals surface area contributed by atoms with Crippen LogP contribution in [-0.4, -0.2) is 39.4 Å². The molecule has 4 rings (SSSR count). The van der Waals surface area contributed by atoms with E-state index in [4.69, 9.17) is 9.47 Å². The summed E-state index contributed by atoms with van der Waals surface area (Å²) in [5, 5.41) is 20.9. The topological polar surface area (TPSA) is 76.0 Å². The minimum Gasteiger partial charge on any atom is -0.508 e. The smallest absolute Gasteiger partial charge is 0.159 e. The maximum absolute atomic E-state index is 13.3. The van der Waals surface area contributed by atoms with Crippen LogP contribution in [0.5, 0.6) is 11.5 Å². The Balaban J connectivity index is 1.77. The van der Waals surface area contributed by atoms with E-state index in [2.05, 4.69) is 20.8 Å². The first-order valence-electron chi connectivity index (χ1n) is 11.9. The summed E-state index contributed by atoms with van der Waals surface area (Å²) >= 11 is 0. The van der Waals surface area contributed by atoms with Crippen LogP contribution in [0.3, 0.4) is 0 Å². The Kier molecular flexibility index (Phi) is 5.74. The Morgan fingerprint density at radius 3 is 2.53 bits per heavy atom. The van der Waals surface area contributed by atoms with Gasteiger partial charge in [-0.1, -0.05) is 13.8 Å². The van der Waals surface area contributed by atoms with Gasteiger partial charge >= 0.3 is 0 Å². The van der Waals surface area contributed by atoms with Gasteiger partial charge in [0.2, 0.25) is 0 Å². The molecular weight excluding hydrogens is 404 g/mol. The van der Waals surface area contributed by atoms with Crippen molar-refractivity contribution in [3.63, 3.8) is 0 Å². The quantitative estimate of drug-likeness (QED) is 0.660. The number of aryl methyl sites for hydroxylation is 2. The van der Waals surface area contributed by atoms with Crippen molar-refractivity contribution in [2.75, 3.05) is 0 Å². The number of carbonyl (C=O) groups excluding carboxylic acids is 1. The fraction of sp³-hybridized carbons (Fsp3) is 0.667. The maximum atomic E-state index is 13.3. The number of ketones is 1. The van der Waals surface area contributed by atoms with E-state index >= 15 is 0 Å². The van der Waals surface area contributed by atoms with Gasteiger partial charge in [0.15, 0.2) is 5.78 Å². The number of aliphatic hydroxyl groups excluding tert-OH is 1. The molecule has 2 N–H and O–H groups in total. The van der Waals surface area contributed by atoms with Gasteiger partial charge in [0.1, 0.15) is 17.1 Å². The third kappa shape index (κ3) is 4.22. The zero-order valence-electron chi connectivity index (χ0n) is 20.4. The molecule has 1 aromatic rings. The average Bonchev–Trinajstić information content (AvgIpc) is 2.78. The molecule has 0 fully saturated rings. The van der Waals surface area contributed by atoms with E-state index in [1.165, 1.54) is 0 Å². The molecule has 2 aliphatic heterocycles. The number of fused-ring (bicyclic) bond motifs is 2.